The number of nitrogens with one attached hydrogen (secondary N) is 2. The van der Waals surface area contributed by atoms with Crippen LogP contribution in [0.4, 0.5) is 5.69 Å². The third-order valence-electron chi connectivity index (χ3n) is 5.50. The molecule has 0 radical (unpaired) electrons. The number of aryl methyl sites for hydroxylation is 2. The maximum Gasteiger partial charge on any atom is 0.224 e. The van der Waals surface area contributed by atoms with Gasteiger partial charge >= 0.3 is 0 Å². The molecule has 2 aromatic rings. The average molecular weight is 377 g/mol. The van der Waals surface area contributed by atoms with Crippen molar-refractivity contribution < 1.29 is 9.53 Å². The summed E-state index contributed by atoms with van der Waals surface area (Å²) in [5.41, 5.74) is 6.18. The maximum absolute atomic E-state index is 11.6. The van der Waals surface area contributed by atoms with Crippen LogP contribution in [0.25, 0.3) is 5.57 Å². The first-order valence-corrected chi connectivity index (χ1v) is 10.2. The Morgan fingerprint density at radius 1 is 1.11 bits per heavy atom. The first-order chi connectivity index (χ1) is 13.7. The lowest BCUT2D eigenvalue weighted by molar-refractivity contribution is -0.116. The molecule has 28 heavy (non-hydrogen) atoms. The second-order valence-corrected chi connectivity index (χ2v) is 7.73. The van der Waals surface area contributed by atoms with E-state index in [1.54, 1.807) is 0 Å². The second kappa shape index (κ2) is 8.61. The molecule has 0 aliphatic carbocycles. The molecular formula is C24H28N2O2. The normalized spacial score (nSPS) is 18.8. The third kappa shape index (κ3) is 4.63. The smallest absolute Gasteiger partial charge is 0.224 e. The zero-order valence-electron chi connectivity index (χ0n) is 16.5. The quantitative estimate of drug-likeness (QED) is 0.731. The molecule has 4 nitrogen and oxygen atoms in total. The second-order valence-electron chi connectivity index (χ2n) is 7.73. The first kappa shape index (κ1) is 18.8. The number of benzene rings is 2. The summed E-state index contributed by atoms with van der Waals surface area (Å²) in [7, 11) is 0. The van der Waals surface area contributed by atoms with Gasteiger partial charge in [0.25, 0.3) is 0 Å². The maximum atomic E-state index is 11.6. The molecule has 4 rings (SSSR count). The number of ether oxygens (including phenoxy) is 1. The molecule has 0 bridgehead atoms. The van der Waals surface area contributed by atoms with Crippen molar-refractivity contribution in [2.45, 2.75) is 45.1 Å². The number of anilines is 1. The van der Waals surface area contributed by atoms with E-state index in [0.717, 1.165) is 43.7 Å². The van der Waals surface area contributed by atoms with Crippen molar-refractivity contribution in [2.75, 3.05) is 18.5 Å². The van der Waals surface area contributed by atoms with E-state index >= 15 is 0 Å². The van der Waals surface area contributed by atoms with Gasteiger partial charge in [-0.2, -0.15) is 0 Å². The molecule has 2 aromatic carbocycles. The van der Waals surface area contributed by atoms with Crippen molar-refractivity contribution in [1.29, 1.82) is 0 Å². The van der Waals surface area contributed by atoms with Crippen molar-refractivity contribution in [3.63, 3.8) is 0 Å². The van der Waals surface area contributed by atoms with Gasteiger partial charge in [-0.05, 0) is 61.9 Å². The molecule has 1 amide bonds. The monoisotopic (exact) mass is 376 g/mol. The molecular weight excluding hydrogens is 348 g/mol. The van der Waals surface area contributed by atoms with Gasteiger partial charge in [0.1, 0.15) is 5.75 Å². The molecule has 0 saturated heterocycles. The lowest BCUT2D eigenvalue weighted by Gasteiger charge is -2.23. The Balaban J connectivity index is 1.29. The van der Waals surface area contributed by atoms with Gasteiger partial charge in [-0.15, -0.1) is 0 Å². The van der Waals surface area contributed by atoms with Crippen LogP contribution in [0.1, 0.15) is 42.4 Å². The SMILES string of the molecule is Cc1cccc(C2=CC(CCCOc3ccc4c(c3)NC(=O)CC4)NCC2)c1. The molecule has 2 aliphatic rings. The van der Waals surface area contributed by atoms with Crippen LogP contribution >= 0.6 is 0 Å². The van der Waals surface area contributed by atoms with Crippen molar-refractivity contribution in [3.05, 3.63) is 65.2 Å². The number of fused-ring (bicyclic) bond motifs is 1. The van der Waals surface area contributed by atoms with E-state index in [1.165, 1.54) is 22.3 Å². The van der Waals surface area contributed by atoms with Crippen LogP contribution in [0.5, 0.6) is 5.75 Å². The number of hydrogen-bond donors (Lipinski definition) is 2. The Morgan fingerprint density at radius 2 is 2.04 bits per heavy atom. The van der Waals surface area contributed by atoms with Gasteiger partial charge in [-0.3, -0.25) is 4.79 Å². The highest BCUT2D eigenvalue weighted by Crippen LogP contribution is 2.27. The van der Waals surface area contributed by atoms with Crippen LogP contribution in [0.15, 0.2) is 48.5 Å². The van der Waals surface area contributed by atoms with Gasteiger partial charge in [-0.25, -0.2) is 0 Å². The predicted octanol–water partition coefficient (Wildman–Crippen LogP) is 4.48. The topological polar surface area (TPSA) is 50.4 Å². The third-order valence-corrected chi connectivity index (χ3v) is 5.50. The number of rotatable bonds is 6. The van der Waals surface area contributed by atoms with E-state index < -0.39 is 0 Å². The van der Waals surface area contributed by atoms with Crippen LogP contribution in [0.2, 0.25) is 0 Å². The summed E-state index contributed by atoms with van der Waals surface area (Å²) in [4.78, 5) is 11.6. The zero-order valence-corrected chi connectivity index (χ0v) is 16.5. The Bertz CT molecular complexity index is 888. The van der Waals surface area contributed by atoms with E-state index in [2.05, 4.69) is 54.0 Å². The van der Waals surface area contributed by atoms with E-state index in [0.29, 0.717) is 19.1 Å². The highest BCUT2D eigenvalue weighted by molar-refractivity contribution is 5.94. The van der Waals surface area contributed by atoms with Crippen LogP contribution in [0.3, 0.4) is 0 Å². The van der Waals surface area contributed by atoms with Gasteiger partial charge in [0.15, 0.2) is 0 Å². The lowest BCUT2D eigenvalue weighted by atomic mass is 9.94. The highest BCUT2D eigenvalue weighted by atomic mass is 16.5. The van der Waals surface area contributed by atoms with Gasteiger partial charge in [0, 0.05) is 24.2 Å². The highest BCUT2D eigenvalue weighted by Gasteiger charge is 2.16. The molecule has 0 aromatic heterocycles. The molecule has 0 saturated carbocycles. The largest absolute Gasteiger partial charge is 0.494 e. The van der Waals surface area contributed by atoms with Crippen LogP contribution in [0, 0.1) is 6.92 Å². The summed E-state index contributed by atoms with van der Waals surface area (Å²) in [5, 5.41) is 6.53. The molecule has 2 N–H and O–H groups in total. The lowest BCUT2D eigenvalue weighted by Crippen LogP contribution is -2.32. The Labute approximate surface area is 167 Å². The van der Waals surface area contributed by atoms with Crippen molar-refractivity contribution in [1.82, 2.24) is 5.32 Å². The molecule has 2 aliphatic heterocycles. The summed E-state index contributed by atoms with van der Waals surface area (Å²) in [5.74, 6) is 0.915. The standard InChI is InChI=1S/C24H28N2O2/c1-17-4-2-5-19(14-17)20-11-12-25-21(15-20)6-3-13-28-22-9-7-18-8-10-24(27)26-23(18)16-22/h2,4-5,7,9,14-16,21,25H,3,6,8,10-13H2,1H3,(H,26,27). The predicted molar refractivity (Wildman–Crippen MR) is 114 cm³/mol. The fourth-order valence-corrected chi connectivity index (χ4v) is 3.98. The Hall–Kier alpha value is -2.59. The number of amides is 1. The minimum Gasteiger partial charge on any atom is -0.494 e. The average Bonchev–Trinajstić information content (AvgIpc) is 2.71. The number of carbonyl (C=O) groups excluding carboxylic acids is 1. The Morgan fingerprint density at radius 3 is 2.93 bits per heavy atom. The van der Waals surface area contributed by atoms with Gasteiger partial charge in [-0.1, -0.05) is 42.0 Å². The molecule has 1 atom stereocenters. The number of carbonyl (C=O) groups is 1. The minimum atomic E-state index is 0.0872. The fourth-order valence-electron chi connectivity index (χ4n) is 3.98. The molecule has 1 unspecified atom stereocenters. The van der Waals surface area contributed by atoms with Crippen LogP contribution in [-0.4, -0.2) is 25.1 Å². The number of hydrogen-bond acceptors (Lipinski definition) is 3. The van der Waals surface area contributed by atoms with Gasteiger partial charge < -0.3 is 15.4 Å². The molecule has 146 valence electrons. The van der Waals surface area contributed by atoms with Crippen molar-refractivity contribution >= 4 is 17.2 Å². The first-order valence-electron chi connectivity index (χ1n) is 10.2. The van der Waals surface area contributed by atoms with Crippen molar-refractivity contribution in [2.24, 2.45) is 0 Å². The summed E-state index contributed by atoms with van der Waals surface area (Å²) in [6.45, 7) is 3.85. The van der Waals surface area contributed by atoms with Crippen molar-refractivity contribution in [3.8, 4) is 5.75 Å². The zero-order chi connectivity index (χ0) is 19.3. The summed E-state index contributed by atoms with van der Waals surface area (Å²) in [6.07, 6.45) is 6.88. The van der Waals surface area contributed by atoms with Gasteiger partial charge in [0.05, 0.1) is 6.61 Å². The summed E-state index contributed by atoms with van der Waals surface area (Å²) < 4.78 is 5.93. The molecule has 0 spiro atoms. The Kier molecular flexibility index (Phi) is 5.77. The molecule has 4 heteroatoms. The summed E-state index contributed by atoms with van der Waals surface area (Å²) in [6, 6.07) is 15.2. The van der Waals surface area contributed by atoms with E-state index in [9.17, 15) is 4.79 Å². The van der Waals surface area contributed by atoms with Crippen LogP contribution in [-0.2, 0) is 11.2 Å². The minimum absolute atomic E-state index is 0.0872. The van der Waals surface area contributed by atoms with Crippen LogP contribution < -0.4 is 15.4 Å². The van der Waals surface area contributed by atoms with E-state index in [4.69, 9.17) is 4.74 Å². The van der Waals surface area contributed by atoms with E-state index in [1.807, 2.05) is 12.1 Å². The summed E-state index contributed by atoms with van der Waals surface area (Å²) >= 11 is 0. The fraction of sp³-hybridized carbons (Fsp3) is 0.375. The molecule has 0 fully saturated rings. The van der Waals surface area contributed by atoms with E-state index in [-0.39, 0.29) is 5.91 Å². The molecule has 2 heterocycles. The van der Waals surface area contributed by atoms with Gasteiger partial charge in [0.2, 0.25) is 5.91 Å².